The van der Waals surface area contributed by atoms with Crippen molar-refractivity contribution < 1.29 is 4.79 Å². The van der Waals surface area contributed by atoms with E-state index in [1.807, 2.05) is 6.07 Å². The minimum atomic E-state index is -0.185. The topological polar surface area (TPSA) is 69.8 Å². The first kappa shape index (κ1) is 15.2. The minimum absolute atomic E-state index is 0.185. The second-order valence-corrected chi connectivity index (χ2v) is 6.41. The third-order valence-corrected chi connectivity index (χ3v) is 4.59. The number of benzene rings is 2. The van der Waals surface area contributed by atoms with Crippen LogP contribution in [0.3, 0.4) is 0 Å². The first-order valence-electron chi connectivity index (χ1n) is 7.97. The third-order valence-electron chi connectivity index (χ3n) is 4.37. The molecule has 0 bridgehead atoms. The van der Waals surface area contributed by atoms with Gasteiger partial charge in [0.25, 0.3) is 5.91 Å². The molecule has 6 heteroatoms. The summed E-state index contributed by atoms with van der Waals surface area (Å²) in [4.78, 5) is 12.7. The maximum absolute atomic E-state index is 12.7. The highest BCUT2D eigenvalue weighted by Crippen LogP contribution is 2.24. The number of nitrogens with one attached hydrogen (secondary N) is 3. The van der Waals surface area contributed by atoms with Crippen molar-refractivity contribution in [3.8, 4) is 0 Å². The van der Waals surface area contributed by atoms with Gasteiger partial charge in [0.05, 0.1) is 17.3 Å². The Kier molecular flexibility index (Phi) is 3.96. The van der Waals surface area contributed by atoms with Crippen molar-refractivity contribution >= 4 is 34.1 Å². The molecule has 0 atom stereocenters. The Balaban J connectivity index is 1.64. The van der Waals surface area contributed by atoms with Gasteiger partial charge in [0.2, 0.25) is 0 Å². The predicted molar refractivity (Wildman–Crippen MR) is 95.8 cm³/mol. The number of H-pyrrole nitrogens is 1. The van der Waals surface area contributed by atoms with Crippen LogP contribution in [0.2, 0.25) is 5.02 Å². The second kappa shape index (κ2) is 6.26. The lowest BCUT2D eigenvalue weighted by Crippen LogP contribution is -2.16. The largest absolute Gasteiger partial charge is 0.322 e. The highest BCUT2D eigenvalue weighted by atomic mass is 35.5. The lowest BCUT2D eigenvalue weighted by Gasteiger charge is -2.11. The van der Waals surface area contributed by atoms with Crippen LogP contribution < -0.4 is 10.6 Å². The van der Waals surface area contributed by atoms with E-state index in [1.165, 1.54) is 11.1 Å². The molecule has 2 heterocycles. The summed E-state index contributed by atoms with van der Waals surface area (Å²) in [5.41, 5.74) is 4.70. The van der Waals surface area contributed by atoms with Crippen molar-refractivity contribution in [1.29, 1.82) is 0 Å². The molecule has 1 aliphatic heterocycles. The number of aromatic amines is 1. The molecule has 3 N–H and O–H groups in total. The fraction of sp³-hybridized carbons (Fsp3) is 0.222. The molecule has 0 saturated heterocycles. The van der Waals surface area contributed by atoms with Crippen molar-refractivity contribution in [1.82, 2.24) is 15.5 Å². The van der Waals surface area contributed by atoms with Gasteiger partial charge in [0, 0.05) is 16.1 Å². The van der Waals surface area contributed by atoms with Gasteiger partial charge >= 0.3 is 0 Å². The molecule has 1 aromatic heterocycles. The van der Waals surface area contributed by atoms with Gasteiger partial charge in [0.15, 0.2) is 0 Å². The van der Waals surface area contributed by atoms with Crippen molar-refractivity contribution in [3.05, 3.63) is 58.2 Å². The van der Waals surface area contributed by atoms with E-state index in [0.29, 0.717) is 10.6 Å². The van der Waals surface area contributed by atoms with Gasteiger partial charge in [-0.1, -0.05) is 17.7 Å². The smallest absolute Gasteiger partial charge is 0.256 e. The molecule has 1 amide bonds. The van der Waals surface area contributed by atoms with Crippen molar-refractivity contribution in [3.63, 3.8) is 0 Å². The average molecular weight is 341 g/mol. The first-order chi connectivity index (χ1) is 11.7. The van der Waals surface area contributed by atoms with E-state index in [9.17, 15) is 4.79 Å². The van der Waals surface area contributed by atoms with Crippen LogP contribution >= 0.6 is 11.6 Å². The fourth-order valence-electron chi connectivity index (χ4n) is 3.15. The minimum Gasteiger partial charge on any atom is -0.322 e. The molecule has 0 spiro atoms. The zero-order valence-corrected chi connectivity index (χ0v) is 13.8. The highest BCUT2D eigenvalue weighted by molar-refractivity contribution is 6.32. The summed E-state index contributed by atoms with van der Waals surface area (Å²) in [6.45, 7) is 1.97. The van der Waals surface area contributed by atoms with Crippen molar-refractivity contribution in [2.24, 2.45) is 0 Å². The third kappa shape index (κ3) is 2.88. The summed E-state index contributed by atoms with van der Waals surface area (Å²) < 4.78 is 0. The number of halogens is 1. The van der Waals surface area contributed by atoms with E-state index in [2.05, 4.69) is 33.0 Å². The number of aromatic nitrogens is 2. The zero-order valence-electron chi connectivity index (χ0n) is 13.0. The summed E-state index contributed by atoms with van der Waals surface area (Å²) in [5.74, 6) is -0.185. The van der Waals surface area contributed by atoms with Crippen LogP contribution in [0.4, 0.5) is 5.69 Å². The highest BCUT2D eigenvalue weighted by Gasteiger charge is 2.14. The standard InChI is InChI=1S/C18H17ClN4O/c19-13-8-15(16-10-21-23-17(16)9-13)18(24)22-14-2-1-11-3-5-20-6-4-12(11)7-14/h1-2,7-10,20H,3-6H2,(H,21,23)(H,22,24). The molecule has 0 radical (unpaired) electrons. The Morgan fingerprint density at radius 1 is 1.12 bits per heavy atom. The van der Waals surface area contributed by atoms with Crippen LogP contribution in [0.5, 0.6) is 0 Å². The normalized spacial score (nSPS) is 14.2. The molecule has 24 heavy (non-hydrogen) atoms. The molecule has 0 unspecified atom stereocenters. The summed E-state index contributed by atoms with van der Waals surface area (Å²) >= 11 is 6.11. The SMILES string of the molecule is O=C(Nc1ccc2c(c1)CCNCC2)c1cc(Cl)cc2[nH]ncc12. The zero-order chi connectivity index (χ0) is 16.5. The molecular formula is C18H17ClN4O. The van der Waals surface area contributed by atoms with Crippen LogP contribution in [-0.4, -0.2) is 29.2 Å². The number of fused-ring (bicyclic) bond motifs is 2. The molecular weight excluding hydrogens is 324 g/mol. The number of carbonyl (C=O) groups is 1. The Morgan fingerprint density at radius 3 is 2.83 bits per heavy atom. The van der Waals surface area contributed by atoms with Gasteiger partial charge < -0.3 is 10.6 Å². The lowest BCUT2D eigenvalue weighted by atomic mass is 10.0. The number of nitrogens with zero attached hydrogens (tertiary/aromatic N) is 1. The Morgan fingerprint density at radius 2 is 1.96 bits per heavy atom. The first-order valence-corrected chi connectivity index (χ1v) is 8.35. The lowest BCUT2D eigenvalue weighted by molar-refractivity contribution is 0.102. The van der Waals surface area contributed by atoms with Crippen LogP contribution in [0.1, 0.15) is 21.5 Å². The quantitative estimate of drug-likeness (QED) is 0.671. The number of anilines is 1. The van der Waals surface area contributed by atoms with E-state index in [0.717, 1.165) is 42.5 Å². The number of rotatable bonds is 2. The van der Waals surface area contributed by atoms with Crippen molar-refractivity contribution in [2.75, 3.05) is 18.4 Å². The molecule has 2 aromatic carbocycles. The van der Waals surface area contributed by atoms with Gasteiger partial charge in [-0.3, -0.25) is 9.89 Å². The monoisotopic (exact) mass is 340 g/mol. The Labute approximate surface area is 144 Å². The summed E-state index contributed by atoms with van der Waals surface area (Å²) in [6.07, 6.45) is 3.64. The molecule has 1 aliphatic rings. The number of hydrogen-bond acceptors (Lipinski definition) is 3. The molecule has 4 rings (SSSR count). The Bertz CT molecular complexity index is 919. The van der Waals surface area contributed by atoms with Gasteiger partial charge in [-0.15, -0.1) is 0 Å². The average Bonchev–Trinajstić information content (AvgIpc) is 2.91. The summed E-state index contributed by atoms with van der Waals surface area (Å²) in [7, 11) is 0. The molecule has 0 aliphatic carbocycles. The number of hydrogen-bond donors (Lipinski definition) is 3. The molecule has 3 aromatic rings. The number of carbonyl (C=O) groups excluding carboxylic acids is 1. The van der Waals surface area contributed by atoms with E-state index < -0.39 is 0 Å². The maximum atomic E-state index is 12.7. The summed E-state index contributed by atoms with van der Waals surface area (Å²) in [6, 6.07) is 9.55. The second-order valence-electron chi connectivity index (χ2n) is 5.97. The van der Waals surface area contributed by atoms with E-state index in [-0.39, 0.29) is 5.91 Å². The van der Waals surface area contributed by atoms with E-state index in [4.69, 9.17) is 11.6 Å². The molecule has 0 fully saturated rings. The van der Waals surface area contributed by atoms with Crippen LogP contribution in [0, 0.1) is 0 Å². The molecule has 122 valence electrons. The van der Waals surface area contributed by atoms with Gasteiger partial charge in [-0.05, 0) is 61.3 Å². The maximum Gasteiger partial charge on any atom is 0.256 e. The Hall–Kier alpha value is -2.37. The van der Waals surface area contributed by atoms with E-state index in [1.54, 1.807) is 18.3 Å². The van der Waals surface area contributed by atoms with E-state index >= 15 is 0 Å². The van der Waals surface area contributed by atoms with Gasteiger partial charge in [0.1, 0.15) is 0 Å². The van der Waals surface area contributed by atoms with Gasteiger partial charge in [-0.2, -0.15) is 5.10 Å². The van der Waals surface area contributed by atoms with Crippen LogP contribution in [-0.2, 0) is 12.8 Å². The van der Waals surface area contributed by atoms with Crippen LogP contribution in [0.15, 0.2) is 36.5 Å². The molecule has 5 nitrogen and oxygen atoms in total. The van der Waals surface area contributed by atoms with Gasteiger partial charge in [-0.25, -0.2) is 0 Å². The van der Waals surface area contributed by atoms with Crippen molar-refractivity contribution in [2.45, 2.75) is 12.8 Å². The fourth-order valence-corrected chi connectivity index (χ4v) is 3.37. The summed E-state index contributed by atoms with van der Waals surface area (Å²) in [5, 5.41) is 14.5. The predicted octanol–water partition coefficient (Wildman–Crippen LogP) is 3.16. The van der Waals surface area contributed by atoms with Crippen LogP contribution in [0.25, 0.3) is 10.9 Å². The number of amides is 1. The molecule has 0 saturated carbocycles.